The summed E-state index contributed by atoms with van der Waals surface area (Å²) in [5.41, 5.74) is 1.65. The second-order valence-electron chi connectivity index (χ2n) is 6.55. The Kier molecular flexibility index (Phi) is 4.64. The van der Waals surface area contributed by atoms with E-state index in [4.69, 9.17) is 0 Å². The van der Waals surface area contributed by atoms with Crippen molar-refractivity contribution in [2.75, 3.05) is 13.1 Å². The first-order chi connectivity index (χ1) is 8.99. The third-order valence-corrected chi connectivity index (χ3v) is 4.11. The van der Waals surface area contributed by atoms with Gasteiger partial charge in [-0.25, -0.2) is 0 Å². The zero-order valence-corrected chi connectivity index (χ0v) is 12.4. The molecule has 106 valence electrons. The Morgan fingerprint density at radius 3 is 2.68 bits per heavy atom. The van der Waals surface area contributed by atoms with E-state index in [9.17, 15) is 5.11 Å². The van der Waals surface area contributed by atoms with Crippen molar-refractivity contribution >= 4 is 0 Å². The second-order valence-corrected chi connectivity index (χ2v) is 6.55. The Morgan fingerprint density at radius 1 is 1.37 bits per heavy atom. The van der Waals surface area contributed by atoms with Crippen LogP contribution >= 0.6 is 0 Å². The summed E-state index contributed by atoms with van der Waals surface area (Å²) < 4.78 is 0. The molecule has 2 rings (SSSR count). The van der Waals surface area contributed by atoms with E-state index in [1.54, 1.807) is 0 Å². The molecular weight excluding hydrogens is 234 g/mol. The Morgan fingerprint density at radius 2 is 2.11 bits per heavy atom. The smallest absolute Gasteiger partial charge is 0.0992 e. The fourth-order valence-corrected chi connectivity index (χ4v) is 2.58. The maximum atomic E-state index is 10.6. The fourth-order valence-electron chi connectivity index (χ4n) is 2.58. The predicted octanol–water partition coefficient (Wildman–Crippen LogP) is 3.41. The maximum absolute atomic E-state index is 10.6. The van der Waals surface area contributed by atoms with Crippen molar-refractivity contribution in [2.24, 2.45) is 5.92 Å². The van der Waals surface area contributed by atoms with Crippen molar-refractivity contribution in [2.45, 2.75) is 51.6 Å². The Balaban J connectivity index is 2.02. The minimum atomic E-state index is -0.783. The summed E-state index contributed by atoms with van der Waals surface area (Å²) in [6, 6.07) is 8.52. The molecule has 0 aliphatic heterocycles. The lowest BCUT2D eigenvalue weighted by molar-refractivity contribution is 0.0563. The van der Waals surface area contributed by atoms with Gasteiger partial charge >= 0.3 is 0 Å². The standard InChI is InChI=1S/C17H27NO/c1-13(2)11-18-12-17(3,19)16-9-5-8-15(10-16)14-6-4-7-14/h5,8-10,13-14,18-19H,4,6-7,11-12H2,1-3H3. The molecule has 1 aromatic carbocycles. The molecule has 1 aliphatic rings. The van der Waals surface area contributed by atoms with Crippen LogP contribution in [-0.2, 0) is 5.60 Å². The minimum absolute atomic E-state index is 0.608. The van der Waals surface area contributed by atoms with E-state index in [-0.39, 0.29) is 0 Å². The lowest BCUT2D eigenvalue weighted by atomic mass is 9.79. The van der Waals surface area contributed by atoms with E-state index < -0.39 is 5.60 Å². The molecule has 0 heterocycles. The van der Waals surface area contributed by atoms with Crippen molar-refractivity contribution in [3.63, 3.8) is 0 Å². The maximum Gasteiger partial charge on any atom is 0.0992 e. The van der Waals surface area contributed by atoms with Gasteiger partial charge in [0.05, 0.1) is 5.60 Å². The molecule has 1 aromatic rings. The molecule has 2 nitrogen and oxygen atoms in total. The third kappa shape index (κ3) is 3.80. The number of rotatable bonds is 6. The zero-order chi connectivity index (χ0) is 13.9. The minimum Gasteiger partial charge on any atom is -0.384 e. The van der Waals surface area contributed by atoms with E-state index in [1.807, 2.05) is 13.0 Å². The van der Waals surface area contributed by atoms with Gasteiger partial charge in [-0.15, -0.1) is 0 Å². The molecule has 1 fully saturated rings. The lowest BCUT2D eigenvalue weighted by Gasteiger charge is -2.29. The molecule has 1 unspecified atom stereocenters. The molecule has 1 saturated carbocycles. The average molecular weight is 261 g/mol. The van der Waals surface area contributed by atoms with Crippen LogP contribution in [0.25, 0.3) is 0 Å². The largest absolute Gasteiger partial charge is 0.384 e. The molecule has 0 aromatic heterocycles. The van der Waals surface area contributed by atoms with Crippen LogP contribution in [0.1, 0.15) is 57.1 Å². The molecule has 2 N–H and O–H groups in total. The molecule has 0 saturated heterocycles. The predicted molar refractivity (Wildman–Crippen MR) is 80.3 cm³/mol. The molecule has 0 radical (unpaired) electrons. The van der Waals surface area contributed by atoms with E-state index in [1.165, 1.54) is 24.8 Å². The summed E-state index contributed by atoms with van der Waals surface area (Å²) in [6.45, 7) is 7.82. The molecule has 2 heteroatoms. The van der Waals surface area contributed by atoms with Gasteiger partial charge < -0.3 is 10.4 Å². The highest BCUT2D eigenvalue weighted by Gasteiger charge is 2.25. The van der Waals surface area contributed by atoms with Crippen molar-refractivity contribution in [1.29, 1.82) is 0 Å². The highest BCUT2D eigenvalue weighted by atomic mass is 16.3. The average Bonchev–Trinajstić information content (AvgIpc) is 2.26. The van der Waals surface area contributed by atoms with Crippen LogP contribution in [0.15, 0.2) is 24.3 Å². The van der Waals surface area contributed by atoms with Crippen LogP contribution in [0.5, 0.6) is 0 Å². The lowest BCUT2D eigenvalue weighted by Crippen LogP contribution is -2.37. The fraction of sp³-hybridized carbons (Fsp3) is 0.647. The van der Waals surface area contributed by atoms with Crippen LogP contribution in [0.3, 0.4) is 0 Å². The highest BCUT2D eigenvalue weighted by molar-refractivity contribution is 5.31. The molecule has 19 heavy (non-hydrogen) atoms. The summed E-state index contributed by atoms with van der Waals surface area (Å²) in [5, 5.41) is 14.0. The number of benzene rings is 1. The quantitative estimate of drug-likeness (QED) is 0.822. The monoisotopic (exact) mass is 261 g/mol. The molecule has 0 amide bonds. The zero-order valence-electron chi connectivity index (χ0n) is 12.4. The van der Waals surface area contributed by atoms with Gasteiger partial charge in [-0.2, -0.15) is 0 Å². The summed E-state index contributed by atoms with van der Waals surface area (Å²) in [6.07, 6.45) is 3.95. The van der Waals surface area contributed by atoms with Crippen molar-refractivity contribution in [3.8, 4) is 0 Å². The van der Waals surface area contributed by atoms with E-state index in [2.05, 4.69) is 37.4 Å². The van der Waals surface area contributed by atoms with Gasteiger partial charge in [0.2, 0.25) is 0 Å². The second kappa shape index (κ2) is 6.06. The Labute approximate surface area is 117 Å². The Bertz CT molecular complexity index is 407. The molecular formula is C17H27NO. The SMILES string of the molecule is CC(C)CNCC(C)(O)c1cccc(C2CCC2)c1. The van der Waals surface area contributed by atoms with E-state index in [0.717, 1.165) is 18.0 Å². The van der Waals surface area contributed by atoms with Gasteiger partial charge in [0, 0.05) is 6.54 Å². The Hall–Kier alpha value is -0.860. The molecule has 1 atom stereocenters. The van der Waals surface area contributed by atoms with Gasteiger partial charge in [0.15, 0.2) is 0 Å². The summed E-state index contributed by atoms with van der Waals surface area (Å²) in [7, 11) is 0. The van der Waals surface area contributed by atoms with Crippen LogP contribution in [0, 0.1) is 5.92 Å². The molecule has 0 bridgehead atoms. The van der Waals surface area contributed by atoms with Gasteiger partial charge in [-0.1, -0.05) is 44.5 Å². The van der Waals surface area contributed by atoms with Crippen LogP contribution in [0.4, 0.5) is 0 Å². The number of hydrogen-bond donors (Lipinski definition) is 2. The van der Waals surface area contributed by atoms with Gasteiger partial charge in [-0.05, 0) is 49.3 Å². The first kappa shape index (κ1) is 14.5. The highest BCUT2D eigenvalue weighted by Crippen LogP contribution is 2.37. The first-order valence-electron chi connectivity index (χ1n) is 7.52. The van der Waals surface area contributed by atoms with Crippen molar-refractivity contribution < 1.29 is 5.11 Å². The van der Waals surface area contributed by atoms with E-state index >= 15 is 0 Å². The topological polar surface area (TPSA) is 32.3 Å². The number of hydrogen-bond acceptors (Lipinski definition) is 2. The summed E-state index contributed by atoms with van der Waals surface area (Å²) in [5.74, 6) is 1.33. The van der Waals surface area contributed by atoms with E-state index in [0.29, 0.717) is 12.5 Å². The third-order valence-electron chi connectivity index (χ3n) is 4.11. The summed E-state index contributed by atoms with van der Waals surface area (Å²) >= 11 is 0. The van der Waals surface area contributed by atoms with Gasteiger partial charge in [0.1, 0.15) is 0 Å². The van der Waals surface area contributed by atoms with Crippen LogP contribution < -0.4 is 5.32 Å². The molecule has 1 aliphatic carbocycles. The van der Waals surface area contributed by atoms with Crippen LogP contribution in [-0.4, -0.2) is 18.2 Å². The van der Waals surface area contributed by atoms with Crippen LogP contribution in [0.2, 0.25) is 0 Å². The summed E-state index contributed by atoms with van der Waals surface area (Å²) in [4.78, 5) is 0. The number of nitrogens with one attached hydrogen (secondary N) is 1. The normalized spacial score (nSPS) is 19.2. The van der Waals surface area contributed by atoms with Crippen molar-refractivity contribution in [3.05, 3.63) is 35.4 Å². The number of aliphatic hydroxyl groups is 1. The molecule has 0 spiro atoms. The van der Waals surface area contributed by atoms with Crippen molar-refractivity contribution in [1.82, 2.24) is 5.32 Å². The van der Waals surface area contributed by atoms with Gasteiger partial charge in [-0.3, -0.25) is 0 Å². The van der Waals surface area contributed by atoms with Gasteiger partial charge in [0.25, 0.3) is 0 Å². The first-order valence-corrected chi connectivity index (χ1v) is 7.52.